The lowest BCUT2D eigenvalue weighted by Crippen LogP contribution is -2.32. The lowest BCUT2D eigenvalue weighted by Gasteiger charge is -2.38. The lowest BCUT2D eigenvalue weighted by atomic mass is 9.72. The van der Waals surface area contributed by atoms with Gasteiger partial charge in [-0.15, -0.1) is 0 Å². The molecule has 2 fully saturated rings. The molecule has 20 heavy (non-hydrogen) atoms. The Morgan fingerprint density at radius 2 is 2.20 bits per heavy atom. The van der Waals surface area contributed by atoms with Crippen molar-refractivity contribution in [1.29, 1.82) is 0 Å². The van der Waals surface area contributed by atoms with Gasteiger partial charge >= 0.3 is 0 Å². The quantitative estimate of drug-likeness (QED) is 0.590. The highest BCUT2D eigenvalue weighted by Crippen LogP contribution is 2.50. The van der Waals surface area contributed by atoms with E-state index in [1.54, 1.807) is 13.2 Å². The number of para-hydroxylation sites is 1. The monoisotopic (exact) mass is 273 g/mol. The van der Waals surface area contributed by atoms with Crippen LogP contribution in [0.4, 0.5) is 0 Å². The summed E-state index contributed by atoms with van der Waals surface area (Å²) in [6.07, 6.45) is 7.02. The standard InChI is InChI=1S/C16H19NO3/c1-19-14-5-2-4-13(15(14)20-10-12-6-7-12)16(17-11-18)8-3-9-16/h2,4-5,12H,3,6-10H2,1H3. The first-order chi connectivity index (χ1) is 9.79. The number of aliphatic imine (C=N–C) groups is 1. The van der Waals surface area contributed by atoms with E-state index in [9.17, 15) is 4.79 Å². The highest BCUT2D eigenvalue weighted by molar-refractivity contribution is 5.52. The van der Waals surface area contributed by atoms with Crippen LogP contribution in [0.2, 0.25) is 0 Å². The molecule has 0 saturated heterocycles. The van der Waals surface area contributed by atoms with E-state index in [1.807, 2.05) is 18.2 Å². The summed E-state index contributed by atoms with van der Waals surface area (Å²) in [7, 11) is 1.64. The van der Waals surface area contributed by atoms with Crippen LogP contribution < -0.4 is 9.47 Å². The van der Waals surface area contributed by atoms with Gasteiger partial charge < -0.3 is 9.47 Å². The number of isocyanates is 1. The van der Waals surface area contributed by atoms with Crippen molar-refractivity contribution < 1.29 is 14.3 Å². The van der Waals surface area contributed by atoms with Crippen molar-refractivity contribution >= 4 is 6.08 Å². The zero-order valence-electron chi connectivity index (χ0n) is 11.7. The zero-order valence-corrected chi connectivity index (χ0v) is 11.7. The van der Waals surface area contributed by atoms with E-state index in [1.165, 1.54) is 12.8 Å². The lowest BCUT2D eigenvalue weighted by molar-refractivity contribution is 0.227. The predicted octanol–water partition coefficient (Wildman–Crippen LogP) is 3.20. The third-order valence-electron chi connectivity index (χ3n) is 4.30. The second-order valence-electron chi connectivity index (χ2n) is 5.68. The summed E-state index contributed by atoms with van der Waals surface area (Å²) < 4.78 is 11.4. The Balaban J connectivity index is 1.97. The van der Waals surface area contributed by atoms with Crippen molar-refractivity contribution in [3.8, 4) is 11.5 Å². The number of carbonyl (C=O) groups excluding carboxylic acids is 1. The summed E-state index contributed by atoms with van der Waals surface area (Å²) in [6.45, 7) is 0.717. The van der Waals surface area contributed by atoms with Gasteiger partial charge in [0.2, 0.25) is 6.08 Å². The van der Waals surface area contributed by atoms with E-state index >= 15 is 0 Å². The second-order valence-corrected chi connectivity index (χ2v) is 5.68. The van der Waals surface area contributed by atoms with Gasteiger partial charge in [-0.2, -0.15) is 4.99 Å². The summed E-state index contributed by atoms with van der Waals surface area (Å²) in [5.74, 6) is 2.13. The van der Waals surface area contributed by atoms with Gasteiger partial charge in [0.25, 0.3) is 0 Å². The highest BCUT2D eigenvalue weighted by atomic mass is 16.5. The fourth-order valence-electron chi connectivity index (χ4n) is 2.72. The molecule has 3 rings (SSSR count). The minimum Gasteiger partial charge on any atom is -0.493 e. The molecular formula is C16H19NO3. The third-order valence-corrected chi connectivity index (χ3v) is 4.30. The maximum absolute atomic E-state index is 10.8. The van der Waals surface area contributed by atoms with Crippen molar-refractivity contribution in [3.63, 3.8) is 0 Å². The number of ether oxygens (including phenoxy) is 2. The molecule has 1 aromatic rings. The summed E-state index contributed by atoms with van der Waals surface area (Å²) in [6, 6.07) is 5.81. The topological polar surface area (TPSA) is 47.9 Å². The van der Waals surface area contributed by atoms with Gasteiger partial charge in [0.15, 0.2) is 11.5 Å². The summed E-state index contributed by atoms with van der Waals surface area (Å²) >= 11 is 0. The molecule has 0 heterocycles. The van der Waals surface area contributed by atoms with Gasteiger partial charge in [-0.1, -0.05) is 12.1 Å². The number of nitrogens with zero attached hydrogens (tertiary/aromatic N) is 1. The summed E-state index contributed by atoms with van der Waals surface area (Å²) in [5.41, 5.74) is 0.516. The van der Waals surface area contributed by atoms with E-state index in [0.717, 1.165) is 36.3 Å². The van der Waals surface area contributed by atoms with Gasteiger partial charge in [-0.05, 0) is 44.1 Å². The fraction of sp³-hybridized carbons (Fsp3) is 0.562. The molecular weight excluding hydrogens is 254 g/mol. The Morgan fingerprint density at radius 3 is 2.75 bits per heavy atom. The van der Waals surface area contributed by atoms with Crippen LogP contribution in [0.25, 0.3) is 0 Å². The molecule has 0 atom stereocenters. The van der Waals surface area contributed by atoms with Crippen LogP contribution in [0.15, 0.2) is 23.2 Å². The smallest absolute Gasteiger partial charge is 0.235 e. The molecule has 4 heteroatoms. The van der Waals surface area contributed by atoms with Crippen molar-refractivity contribution in [2.45, 2.75) is 37.6 Å². The summed E-state index contributed by atoms with van der Waals surface area (Å²) in [5, 5.41) is 0. The minimum atomic E-state index is -0.449. The van der Waals surface area contributed by atoms with Gasteiger partial charge in [0, 0.05) is 5.56 Å². The van der Waals surface area contributed by atoms with Crippen LogP contribution in [0.5, 0.6) is 11.5 Å². The van der Waals surface area contributed by atoms with Crippen molar-refractivity contribution in [2.75, 3.05) is 13.7 Å². The summed E-state index contributed by atoms with van der Waals surface area (Å²) in [4.78, 5) is 14.8. The molecule has 0 N–H and O–H groups in total. The van der Waals surface area contributed by atoms with Crippen LogP contribution >= 0.6 is 0 Å². The number of methoxy groups -OCH3 is 1. The molecule has 0 aliphatic heterocycles. The molecule has 0 bridgehead atoms. The number of rotatable bonds is 6. The van der Waals surface area contributed by atoms with Crippen LogP contribution in [0.3, 0.4) is 0 Å². The van der Waals surface area contributed by atoms with Gasteiger partial charge in [-0.25, -0.2) is 4.79 Å². The van der Waals surface area contributed by atoms with Gasteiger partial charge in [-0.3, -0.25) is 0 Å². The van der Waals surface area contributed by atoms with Gasteiger partial charge in [0.1, 0.15) is 5.54 Å². The Bertz CT molecular complexity index is 541. The Labute approximate surface area is 118 Å². The number of hydrogen-bond donors (Lipinski definition) is 0. The Morgan fingerprint density at radius 1 is 1.40 bits per heavy atom. The zero-order chi connectivity index (χ0) is 14.0. The molecule has 0 unspecified atom stereocenters. The molecule has 0 radical (unpaired) electrons. The molecule has 2 saturated carbocycles. The van der Waals surface area contributed by atoms with E-state index in [-0.39, 0.29) is 0 Å². The van der Waals surface area contributed by atoms with Gasteiger partial charge in [0.05, 0.1) is 13.7 Å². The maximum Gasteiger partial charge on any atom is 0.235 e. The first kappa shape index (κ1) is 13.2. The average molecular weight is 273 g/mol. The largest absolute Gasteiger partial charge is 0.493 e. The van der Waals surface area contributed by atoms with E-state index < -0.39 is 5.54 Å². The normalized spacial score (nSPS) is 19.6. The van der Waals surface area contributed by atoms with Crippen LogP contribution in [0, 0.1) is 5.92 Å². The average Bonchev–Trinajstić information content (AvgIpc) is 3.24. The first-order valence-electron chi connectivity index (χ1n) is 7.18. The minimum absolute atomic E-state index is 0.449. The van der Waals surface area contributed by atoms with Crippen molar-refractivity contribution in [2.24, 2.45) is 10.9 Å². The van der Waals surface area contributed by atoms with E-state index in [0.29, 0.717) is 12.5 Å². The van der Waals surface area contributed by atoms with Crippen molar-refractivity contribution in [1.82, 2.24) is 0 Å². The second kappa shape index (κ2) is 5.29. The maximum atomic E-state index is 10.8. The van der Waals surface area contributed by atoms with Crippen molar-refractivity contribution in [3.05, 3.63) is 23.8 Å². The molecule has 2 aliphatic rings. The third kappa shape index (κ3) is 2.32. The SMILES string of the molecule is COc1cccc(C2(N=C=O)CCC2)c1OCC1CC1. The molecule has 106 valence electrons. The molecule has 4 nitrogen and oxygen atoms in total. The number of benzene rings is 1. The molecule has 1 aromatic carbocycles. The molecule has 0 amide bonds. The predicted molar refractivity (Wildman–Crippen MR) is 74.9 cm³/mol. The van der Waals surface area contributed by atoms with Crippen LogP contribution in [-0.4, -0.2) is 19.8 Å². The van der Waals surface area contributed by atoms with E-state index in [2.05, 4.69) is 4.99 Å². The Hall–Kier alpha value is -1.80. The highest BCUT2D eigenvalue weighted by Gasteiger charge is 2.42. The van der Waals surface area contributed by atoms with E-state index in [4.69, 9.17) is 9.47 Å². The molecule has 0 spiro atoms. The van der Waals surface area contributed by atoms with Crippen LogP contribution in [-0.2, 0) is 10.3 Å². The number of hydrogen-bond acceptors (Lipinski definition) is 4. The Kier molecular flexibility index (Phi) is 3.49. The first-order valence-corrected chi connectivity index (χ1v) is 7.18. The fourth-order valence-corrected chi connectivity index (χ4v) is 2.72. The molecule has 2 aliphatic carbocycles. The van der Waals surface area contributed by atoms with Crippen LogP contribution in [0.1, 0.15) is 37.7 Å². The molecule has 0 aromatic heterocycles.